The van der Waals surface area contributed by atoms with E-state index in [2.05, 4.69) is 4.74 Å². The quantitative estimate of drug-likeness (QED) is 0.504. The zero-order valence-electron chi connectivity index (χ0n) is 11.9. The van der Waals surface area contributed by atoms with Crippen molar-refractivity contribution >= 4 is 11.8 Å². The van der Waals surface area contributed by atoms with Crippen LogP contribution in [0.4, 0.5) is 36.8 Å². The Hall–Kier alpha value is -2.53. The zero-order chi connectivity index (χ0) is 18.8. The van der Waals surface area contributed by atoms with E-state index in [4.69, 9.17) is 0 Å². The molecule has 12 heteroatoms. The van der Waals surface area contributed by atoms with Gasteiger partial charge in [-0.15, -0.1) is 0 Å². The highest BCUT2D eigenvalue weighted by Gasteiger charge is 2.69. The lowest BCUT2D eigenvalue weighted by molar-refractivity contribution is -0.384. The standard InChI is InChI=1S/C12H10F6N2O4/c1-10(11(13,14)15,12(16,17)18)19-9(21)24-6-7-2-4-8(5-3-7)20(22)23/h2-5H,6H2,1H3,(H,19,21). The molecule has 0 saturated heterocycles. The van der Waals surface area contributed by atoms with E-state index in [1.807, 2.05) is 0 Å². The number of halogens is 6. The largest absolute Gasteiger partial charge is 0.445 e. The molecule has 0 bridgehead atoms. The fourth-order valence-electron chi connectivity index (χ4n) is 1.41. The minimum absolute atomic E-state index is 0.136. The second-order valence-electron chi connectivity index (χ2n) is 4.75. The summed E-state index contributed by atoms with van der Waals surface area (Å²) in [6.07, 6.45) is -13.5. The summed E-state index contributed by atoms with van der Waals surface area (Å²) in [5, 5.41) is 11.2. The molecule has 0 aliphatic heterocycles. The van der Waals surface area contributed by atoms with E-state index in [1.165, 1.54) is 0 Å². The smallest absolute Gasteiger partial charge is 0.420 e. The van der Waals surface area contributed by atoms with Crippen molar-refractivity contribution in [2.45, 2.75) is 31.4 Å². The molecule has 1 N–H and O–H groups in total. The molecule has 0 aliphatic carbocycles. The van der Waals surface area contributed by atoms with Gasteiger partial charge in [0.25, 0.3) is 5.69 Å². The normalized spacial score (nSPS) is 12.6. The Morgan fingerprint density at radius 2 is 1.58 bits per heavy atom. The van der Waals surface area contributed by atoms with Crippen LogP contribution in [0.5, 0.6) is 0 Å². The number of ether oxygens (including phenoxy) is 1. The first-order valence-electron chi connectivity index (χ1n) is 6.09. The van der Waals surface area contributed by atoms with Crippen LogP contribution in [0.25, 0.3) is 0 Å². The molecule has 0 unspecified atom stereocenters. The molecule has 0 radical (unpaired) electrons. The number of hydrogen-bond acceptors (Lipinski definition) is 4. The van der Waals surface area contributed by atoms with Gasteiger partial charge in [-0.25, -0.2) is 4.79 Å². The summed E-state index contributed by atoms with van der Waals surface area (Å²) >= 11 is 0. The minimum atomic E-state index is -5.79. The van der Waals surface area contributed by atoms with Crippen molar-refractivity contribution in [1.29, 1.82) is 0 Å². The number of amides is 1. The van der Waals surface area contributed by atoms with E-state index in [0.717, 1.165) is 29.6 Å². The Morgan fingerprint density at radius 1 is 1.12 bits per heavy atom. The van der Waals surface area contributed by atoms with Crippen molar-refractivity contribution < 1.29 is 40.8 Å². The van der Waals surface area contributed by atoms with Crippen molar-refractivity contribution in [3.8, 4) is 0 Å². The van der Waals surface area contributed by atoms with Crippen LogP contribution in [0.3, 0.4) is 0 Å². The lowest BCUT2D eigenvalue weighted by Crippen LogP contribution is -2.65. The first kappa shape index (κ1) is 19.5. The number of non-ortho nitro benzene ring substituents is 1. The molecule has 1 rings (SSSR count). The number of carbonyl (C=O) groups excluding carboxylic acids is 1. The zero-order valence-corrected chi connectivity index (χ0v) is 11.9. The summed E-state index contributed by atoms with van der Waals surface area (Å²) < 4.78 is 79.8. The van der Waals surface area contributed by atoms with Crippen LogP contribution in [-0.4, -0.2) is 28.9 Å². The lowest BCUT2D eigenvalue weighted by Gasteiger charge is -2.34. The highest BCUT2D eigenvalue weighted by molar-refractivity contribution is 5.68. The van der Waals surface area contributed by atoms with Gasteiger partial charge in [-0.3, -0.25) is 15.4 Å². The van der Waals surface area contributed by atoms with Gasteiger partial charge in [0.1, 0.15) is 6.61 Å². The lowest BCUT2D eigenvalue weighted by atomic mass is 10.0. The van der Waals surface area contributed by atoms with Crippen molar-refractivity contribution in [2.75, 3.05) is 0 Å². The molecule has 134 valence electrons. The van der Waals surface area contributed by atoms with Crippen molar-refractivity contribution in [1.82, 2.24) is 5.32 Å². The molecule has 1 aromatic carbocycles. The maximum absolute atomic E-state index is 12.6. The Bertz CT molecular complexity index is 597. The number of carbonyl (C=O) groups is 1. The summed E-state index contributed by atoms with van der Waals surface area (Å²) in [7, 11) is 0. The number of nitrogens with one attached hydrogen (secondary N) is 1. The predicted molar refractivity (Wildman–Crippen MR) is 66.9 cm³/mol. The van der Waals surface area contributed by atoms with Crippen LogP contribution in [0, 0.1) is 10.1 Å². The van der Waals surface area contributed by atoms with Gasteiger partial charge < -0.3 is 4.74 Å². The van der Waals surface area contributed by atoms with E-state index in [9.17, 15) is 41.3 Å². The molecule has 0 heterocycles. The Kier molecular flexibility index (Phi) is 5.31. The highest BCUT2D eigenvalue weighted by atomic mass is 19.4. The van der Waals surface area contributed by atoms with Gasteiger partial charge in [0, 0.05) is 12.1 Å². The SMILES string of the molecule is CC(NC(=O)OCc1ccc([N+](=O)[O-])cc1)(C(F)(F)F)C(F)(F)F. The number of nitro benzene ring substituents is 1. The van der Waals surface area contributed by atoms with Gasteiger partial charge in [-0.1, -0.05) is 0 Å². The molecule has 24 heavy (non-hydrogen) atoms. The van der Waals surface area contributed by atoms with Gasteiger partial charge >= 0.3 is 18.4 Å². The van der Waals surface area contributed by atoms with Crippen LogP contribution in [-0.2, 0) is 11.3 Å². The van der Waals surface area contributed by atoms with E-state index in [0.29, 0.717) is 0 Å². The highest BCUT2D eigenvalue weighted by Crippen LogP contribution is 2.42. The Morgan fingerprint density at radius 3 is 1.96 bits per heavy atom. The molecule has 0 aromatic heterocycles. The first-order valence-corrected chi connectivity index (χ1v) is 6.09. The van der Waals surface area contributed by atoms with Gasteiger partial charge in [-0.2, -0.15) is 26.3 Å². The molecule has 0 fully saturated rings. The molecule has 0 atom stereocenters. The first-order chi connectivity index (χ1) is 10.8. The van der Waals surface area contributed by atoms with Gasteiger partial charge in [0.05, 0.1) is 4.92 Å². The molecule has 0 aliphatic rings. The molecule has 0 spiro atoms. The molecular weight excluding hydrogens is 350 g/mol. The second-order valence-corrected chi connectivity index (χ2v) is 4.75. The summed E-state index contributed by atoms with van der Waals surface area (Å²) in [5.41, 5.74) is -4.63. The van der Waals surface area contributed by atoms with Crippen LogP contribution in [0.15, 0.2) is 24.3 Å². The summed E-state index contributed by atoms with van der Waals surface area (Å²) in [6, 6.07) is 4.34. The molecular formula is C12H10F6N2O4. The van der Waals surface area contributed by atoms with Crippen LogP contribution < -0.4 is 5.32 Å². The maximum atomic E-state index is 12.6. The fraction of sp³-hybridized carbons (Fsp3) is 0.417. The summed E-state index contributed by atoms with van der Waals surface area (Å²) in [6.45, 7) is -0.907. The third-order valence-corrected chi connectivity index (χ3v) is 3.00. The number of alkyl halides is 6. The van der Waals surface area contributed by atoms with Crippen LogP contribution in [0.2, 0.25) is 0 Å². The third-order valence-electron chi connectivity index (χ3n) is 3.00. The third kappa shape index (κ3) is 4.26. The molecule has 6 nitrogen and oxygen atoms in total. The number of rotatable bonds is 4. The van der Waals surface area contributed by atoms with E-state index < -0.39 is 35.5 Å². The predicted octanol–water partition coefficient (Wildman–Crippen LogP) is 3.70. The van der Waals surface area contributed by atoms with Gasteiger partial charge in [0.15, 0.2) is 0 Å². The number of hydrogen-bond donors (Lipinski definition) is 1. The van der Waals surface area contributed by atoms with Crippen molar-refractivity contribution in [3.63, 3.8) is 0 Å². The van der Waals surface area contributed by atoms with Crippen LogP contribution in [0.1, 0.15) is 12.5 Å². The molecule has 0 saturated carbocycles. The summed E-state index contributed by atoms with van der Waals surface area (Å²) in [5.74, 6) is 0. The molecule has 1 aromatic rings. The Labute approximate surface area is 130 Å². The minimum Gasteiger partial charge on any atom is -0.445 e. The summed E-state index contributed by atoms with van der Waals surface area (Å²) in [4.78, 5) is 21.0. The maximum Gasteiger partial charge on any atom is 0.420 e. The van der Waals surface area contributed by atoms with Crippen LogP contribution >= 0.6 is 0 Å². The number of alkyl carbamates (subject to hydrolysis) is 1. The monoisotopic (exact) mass is 360 g/mol. The van der Waals surface area contributed by atoms with E-state index >= 15 is 0 Å². The number of benzene rings is 1. The van der Waals surface area contributed by atoms with E-state index in [-0.39, 0.29) is 18.2 Å². The van der Waals surface area contributed by atoms with Gasteiger partial charge in [-0.05, 0) is 24.6 Å². The fourth-order valence-corrected chi connectivity index (χ4v) is 1.41. The van der Waals surface area contributed by atoms with Crippen molar-refractivity contribution in [2.24, 2.45) is 0 Å². The Balaban J connectivity index is 2.76. The number of nitro groups is 1. The second kappa shape index (κ2) is 6.53. The van der Waals surface area contributed by atoms with Gasteiger partial charge in [0.2, 0.25) is 5.54 Å². The van der Waals surface area contributed by atoms with Crippen molar-refractivity contribution in [3.05, 3.63) is 39.9 Å². The molecule has 1 amide bonds. The average molecular weight is 360 g/mol. The average Bonchev–Trinajstić information content (AvgIpc) is 2.43. The topological polar surface area (TPSA) is 81.5 Å². The number of nitrogens with zero attached hydrogens (tertiary/aromatic N) is 1. The van der Waals surface area contributed by atoms with E-state index in [1.54, 1.807) is 0 Å².